The van der Waals surface area contributed by atoms with Crippen molar-refractivity contribution in [2.24, 2.45) is 17.8 Å². The van der Waals surface area contributed by atoms with Crippen LogP contribution in [0.2, 0.25) is 0 Å². The third-order valence-electron chi connectivity index (χ3n) is 5.83. The monoisotopic (exact) mass is 365 g/mol. The molecule has 1 saturated carbocycles. The topological polar surface area (TPSA) is 35.6 Å². The number of halogens is 2. The van der Waals surface area contributed by atoms with E-state index in [1.807, 2.05) is 0 Å². The van der Waals surface area contributed by atoms with Gasteiger partial charge in [0.2, 0.25) is 5.91 Å². The minimum Gasteiger partial charge on any atom is -0.340 e. The molecule has 0 bridgehead atoms. The molecule has 4 nitrogen and oxygen atoms in total. The average Bonchev–Trinajstić information content (AvgIpc) is 2.46. The van der Waals surface area contributed by atoms with Crippen LogP contribution in [0.1, 0.15) is 39.0 Å². The number of nitrogens with one attached hydrogen (secondary N) is 1. The van der Waals surface area contributed by atoms with Gasteiger partial charge in [-0.3, -0.25) is 9.69 Å². The lowest BCUT2D eigenvalue weighted by atomic mass is 9.87. The van der Waals surface area contributed by atoms with Gasteiger partial charge in [0.1, 0.15) is 0 Å². The van der Waals surface area contributed by atoms with E-state index < -0.39 is 0 Å². The molecule has 0 spiro atoms. The molecule has 1 unspecified atom stereocenters. The Morgan fingerprint density at radius 3 is 2.17 bits per heavy atom. The standard InChI is InChI=1S/C17H31N3O.2ClH/c1-14(16-11-18-12-16)17(21)20-9-7-19(8-10-20)13-15-5-3-2-4-6-15;;/h14-16,18H,2-13H2,1H3;2*1H. The van der Waals surface area contributed by atoms with Crippen molar-refractivity contribution in [1.82, 2.24) is 15.1 Å². The van der Waals surface area contributed by atoms with Crippen molar-refractivity contribution in [2.45, 2.75) is 39.0 Å². The molecule has 3 aliphatic rings. The minimum atomic E-state index is 0. The number of amides is 1. The Bertz CT molecular complexity index is 352. The highest BCUT2D eigenvalue weighted by Crippen LogP contribution is 2.25. The molecule has 1 amide bonds. The van der Waals surface area contributed by atoms with Gasteiger partial charge in [0.15, 0.2) is 0 Å². The van der Waals surface area contributed by atoms with E-state index in [1.54, 1.807) is 0 Å². The van der Waals surface area contributed by atoms with Crippen molar-refractivity contribution in [3.8, 4) is 0 Å². The molecular formula is C17H33Cl2N3O. The molecule has 2 heterocycles. The van der Waals surface area contributed by atoms with Gasteiger partial charge < -0.3 is 10.2 Å². The maximum Gasteiger partial charge on any atom is 0.225 e. The van der Waals surface area contributed by atoms with E-state index in [0.717, 1.165) is 45.2 Å². The first kappa shape index (κ1) is 21.0. The Morgan fingerprint density at radius 1 is 1.04 bits per heavy atom. The van der Waals surface area contributed by atoms with Crippen molar-refractivity contribution in [2.75, 3.05) is 45.8 Å². The second-order valence-electron chi connectivity index (χ2n) is 7.34. The fourth-order valence-corrected chi connectivity index (χ4v) is 4.04. The summed E-state index contributed by atoms with van der Waals surface area (Å²) in [6.07, 6.45) is 7.13. The summed E-state index contributed by atoms with van der Waals surface area (Å²) in [5.41, 5.74) is 0. The zero-order valence-electron chi connectivity index (χ0n) is 14.3. The van der Waals surface area contributed by atoms with Gasteiger partial charge in [-0.05, 0) is 37.8 Å². The largest absolute Gasteiger partial charge is 0.340 e. The van der Waals surface area contributed by atoms with Crippen LogP contribution in [-0.2, 0) is 4.79 Å². The lowest BCUT2D eigenvalue weighted by Gasteiger charge is -2.40. The van der Waals surface area contributed by atoms with Crippen LogP contribution in [0.3, 0.4) is 0 Å². The van der Waals surface area contributed by atoms with Gasteiger partial charge in [0.25, 0.3) is 0 Å². The van der Waals surface area contributed by atoms with Crippen LogP contribution >= 0.6 is 24.8 Å². The first-order valence-electron chi connectivity index (χ1n) is 8.96. The number of piperazine rings is 1. The van der Waals surface area contributed by atoms with E-state index in [0.29, 0.717) is 11.8 Å². The third kappa shape index (κ3) is 5.48. The molecule has 1 aliphatic carbocycles. The van der Waals surface area contributed by atoms with Crippen LogP contribution in [0.4, 0.5) is 0 Å². The second-order valence-corrected chi connectivity index (χ2v) is 7.34. The van der Waals surface area contributed by atoms with Crippen molar-refractivity contribution in [3.63, 3.8) is 0 Å². The fourth-order valence-electron chi connectivity index (χ4n) is 4.04. The van der Waals surface area contributed by atoms with Crippen molar-refractivity contribution in [1.29, 1.82) is 0 Å². The Balaban J connectivity index is 0.00000132. The van der Waals surface area contributed by atoms with E-state index in [9.17, 15) is 4.79 Å². The fraction of sp³-hybridized carbons (Fsp3) is 0.941. The first-order chi connectivity index (χ1) is 10.2. The Labute approximate surface area is 153 Å². The van der Waals surface area contributed by atoms with Crippen LogP contribution in [-0.4, -0.2) is 61.5 Å². The molecule has 0 radical (unpaired) electrons. The van der Waals surface area contributed by atoms with Gasteiger partial charge in [-0.25, -0.2) is 0 Å². The van der Waals surface area contributed by atoms with Crippen molar-refractivity contribution < 1.29 is 4.79 Å². The van der Waals surface area contributed by atoms with E-state index in [2.05, 4.69) is 22.0 Å². The summed E-state index contributed by atoms with van der Waals surface area (Å²) in [5.74, 6) is 2.08. The summed E-state index contributed by atoms with van der Waals surface area (Å²) >= 11 is 0. The molecule has 0 aromatic rings. The summed E-state index contributed by atoms with van der Waals surface area (Å²) in [5, 5.41) is 3.27. The summed E-state index contributed by atoms with van der Waals surface area (Å²) in [6, 6.07) is 0. The molecule has 0 aromatic heterocycles. The average molecular weight is 366 g/mol. The number of hydrogen-bond donors (Lipinski definition) is 1. The second kappa shape index (κ2) is 10.1. The van der Waals surface area contributed by atoms with E-state index >= 15 is 0 Å². The predicted molar refractivity (Wildman–Crippen MR) is 99.6 cm³/mol. The summed E-state index contributed by atoms with van der Waals surface area (Å²) in [6.45, 7) is 9.47. The zero-order valence-corrected chi connectivity index (χ0v) is 16.0. The lowest BCUT2D eigenvalue weighted by Crippen LogP contribution is -2.54. The van der Waals surface area contributed by atoms with Gasteiger partial charge in [-0.2, -0.15) is 0 Å². The van der Waals surface area contributed by atoms with E-state index in [4.69, 9.17) is 0 Å². The van der Waals surface area contributed by atoms with Crippen LogP contribution < -0.4 is 5.32 Å². The van der Waals surface area contributed by atoms with Gasteiger partial charge in [0, 0.05) is 38.6 Å². The van der Waals surface area contributed by atoms with Gasteiger partial charge >= 0.3 is 0 Å². The smallest absolute Gasteiger partial charge is 0.225 e. The Hall–Kier alpha value is -0.0300. The summed E-state index contributed by atoms with van der Waals surface area (Å²) in [7, 11) is 0. The molecule has 0 aromatic carbocycles. The molecular weight excluding hydrogens is 333 g/mol. The lowest BCUT2D eigenvalue weighted by molar-refractivity contribution is -0.139. The highest BCUT2D eigenvalue weighted by molar-refractivity contribution is 5.85. The number of nitrogens with zero attached hydrogens (tertiary/aromatic N) is 2. The first-order valence-corrected chi connectivity index (χ1v) is 8.96. The number of carbonyl (C=O) groups is 1. The van der Waals surface area contributed by atoms with Crippen molar-refractivity contribution >= 4 is 30.7 Å². The SMILES string of the molecule is CC(C(=O)N1CCN(CC2CCCCC2)CC1)C1CNC1.Cl.Cl. The number of rotatable bonds is 4. The molecule has 2 aliphatic heterocycles. The zero-order chi connectivity index (χ0) is 14.7. The Kier molecular flexibility index (Phi) is 9.20. The molecule has 136 valence electrons. The van der Waals surface area contributed by atoms with Gasteiger partial charge in [-0.1, -0.05) is 26.2 Å². The molecule has 6 heteroatoms. The number of hydrogen-bond acceptors (Lipinski definition) is 3. The van der Waals surface area contributed by atoms with Crippen molar-refractivity contribution in [3.05, 3.63) is 0 Å². The molecule has 23 heavy (non-hydrogen) atoms. The molecule has 2 saturated heterocycles. The summed E-state index contributed by atoms with van der Waals surface area (Å²) < 4.78 is 0. The van der Waals surface area contributed by atoms with Crippen LogP contribution in [0.5, 0.6) is 0 Å². The highest BCUT2D eigenvalue weighted by Gasteiger charge is 2.33. The summed E-state index contributed by atoms with van der Waals surface area (Å²) in [4.78, 5) is 17.2. The van der Waals surface area contributed by atoms with Crippen LogP contribution in [0.15, 0.2) is 0 Å². The quantitative estimate of drug-likeness (QED) is 0.830. The number of carbonyl (C=O) groups excluding carboxylic acids is 1. The maximum absolute atomic E-state index is 12.5. The normalized spacial score (nSPS) is 25.0. The van der Waals surface area contributed by atoms with Crippen LogP contribution in [0.25, 0.3) is 0 Å². The molecule has 3 rings (SSSR count). The molecule has 1 atom stereocenters. The van der Waals surface area contributed by atoms with Gasteiger partial charge in [0.05, 0.1) is 0 Å². The van der Waals surface area contributed by atoms with E-state index in [1.165, 1.54) is 38.6 Å². The predicted octanol–water partition coefficient (Wildman–Crippen LogP) is 2.41. The highest BCUT2D eigenvalue weighted by atomic mass is 35.5. The van der Waals surface area contributed by atoms with Crippen LogP contribution in [0, 0.1) is 17.8 Å². The Morgan fingerprint density at radius 2 is 1.65 bits per heavy atom. The van der Waals surface area contributed by atoms with E-state index in [-0.39, 0.29) is 30.7 Å². The maximum atomic E-state index is 12.5. The van der Waals surface area contributed by atoms with Gasteiger partial charge in [-0.15, -0.1) is 24.8 Å². The third-order valence-corrected chi connectivity index (χ3v) is 5.83. The minimum absolute atomic E-state index is 0. The molecule has 3 fully saturated rings. The molecule has 1 N–H and O–H groups in total.